The molecule has 1 heterocycles. The number of thioether (sulfide) groups is 1. The molecule has 26 heavy (non-hydrogen) atoms. The summed E-state index contributed by atoms with van der Waals surface area (Å²) in [5.74, 6) is -0.936. The van der Waals surface area contributed by atoms with Crippen LogP contribution < -0.4 is 0 Å². The smallest absolute Gasteiger partial charge is 0.416 e. The molecular formula is C18H16F3NO3S. The van der Waals surface area contributed by atoms with E-state index in [9.17, 15) is 22.8 Å². The second kappa shape index (κ2) is 6.50. The van der Waals surface area contributed by atoms with Crippen molar-refractivity contribution in [2.45, 2.75) is 30.4 Å². The number of halogens is 3. The highest BCUT2D eigenvalue weighted by molar-refractivity contribution is 8.00. The summed E-state index contributed by atoms with van der Waals surface area (Å²) in [6, 6.07) is 4.80. The van der Waals surface area contributed by atoms with Gasteiger partial charge in [0.15, 0.2) is 0 Å². The van der Waals surface area contributed by atoms with Crippen molar-refractivity contribution in [3.63, 3.8) is 0 Å². The summed E-state index contributed by atoms with van der Waals surface area (Å²) in [5, 5.41) is 8.63. The first-order valence-electron chi connectivity index (χ1n) is 7.85. The van der Waals surface area contributed by atoms with Crippen LogP contribution in [-0.4, -0.2) is 33.2 Å². The Balaban J connectivity index is 1.88. The Bertz CT molecular complexity index is 801. The predicted octanol–water partition coefficient (Wildman–Crippen LogP) is 4.01. The molecule has 1 amide bonds. The number of hydrogen-bond acceptors (Lipinski definition) is 3. The second-order valence-electron chi connectivity index (χ2n) is 6.41. The van der Waals surface area contributed by atoms with Crippen LogP contribution in [0, 0.1) is 0 Å². The molecule has 1 N–H and O–H groups in total. The van der Waals surface area contributed by atoms with E-state index in [1.807, 2.05) is 6.92 Å². The molecule has 0 saturated carbocycles. The lowest BCUT2D eigenvalue weighted by molar-refractivity contribution is -0.138. The molecule has 1 aromatic rings. The van der Waals surface area contributed by atoms with Gasteiger partial charge in [-0.05, 0) is 37.1 Å². The second-order valence-corrected chi connectivity index (χ2v) is 7.47. The van der Waals surface area contributed by atoms with Crippen molar-refractivity contribution in [3.8, 4) is 0 Å². The molecule has 0 radical (unpaired) electrons. The number of benzene rings is 1. The van der Waals surface area contributed by atoms with Gasteiger partial charge in [0.25, 0.3) is 0 Å². The lowest BCUT2D eigenvalue weighted by atomic mass is 9.88. The Morgan fingerprint density at radius 2 is 1.96 bits per heavy atom. The Morgan fingerprint density at radius 3 is 2.46 bits per heavy atom. The van der Waals surface area contributed by atoms with E-state index >= 15 is 0 Å². The van der Waals surface area contributed by atoms with Crippen LogP contribution in [0.4, 0.5) is 13.2 Å². The topological polar surface area (TPSA) is 57.6 Å². The third-order valence-electron chi connectivity index (χ3n) is 4.55. The lowest BCUT2D eigenvalue weighted by Gasteiger charge is -2.41. The summed E-state index contributed by atoms with van der Waals surface area (Å²) in [6.07, 6.45) is 0.618. The van der Waals surface area contributed by atoms with Gasteiger partial charge in [0.05, 0.1) is 22.4 Å². The zero-order valence-electron chi connectivity index (χ0n) is 13.8. The predicted molar refractivity (Wildman–Crippen MR) is 91.4 cm³/mol. The molecular weight excluding hydrogens is 367 g/mol. The van der Waals surface area contributed by atoms with E-state index in [0.29, 0.717) is 12.0 Å². The minimum Gasteiger partial charge on any atom is -0.478 e. The van der Waals surface area contributed by atoms with E-state index in [-0.39, 0.29) is 17.2 Å². The Labute approximate surface area is 152 Å². The molecule has 1 saturated heterocycles. The molecule has 0 spiro atoms. The number of carboxylic acid groups (broad SMARTS) is 1. The first-order valence-corrected chi connectivity index (χ1v) is 8.90. The van der Waals surface area contributed by atoms with Gasteiger partial charge in [0.1, 0.15) is 5.37 Å². The normalized spacial score (nSPS) is 26.2. The molecule has 1 fully saturated rings. The molecule has 138 valence electrons. The number of hydrogen-bond donors (Lipinski definition) is 1. The van der Waals surface area contributed by atoms with Crippen molar-refractivity contribution in [2.75, 3.05) is 5.75 Å². The average Bonchev–Trinajstić information content (AvgIpc) is 2.97. The van der Waals surface area contributed by atoms with Gasteiger partial charge in [-0.2, -0.15) is 13.2 Å². The van der Waals surface area contributed by atoms with Gasteiger partial charge in [-0.1, -0.05) is 24.3 Å². The minimum atomic E-state index is -4.41. The largest absolute Gasteiger partial charge is 0.478 e. The molecule has 2 aliphatic rings. The Morgan fingerprint density at radius 1 is 1.31 bits per heavy atom. The molecule has 0 aromatic heterocycles. The molecule has 1 aromatic carbocycles. The minimum absolute atomic E-state index is 0.126. The highest BCUT2D eigenvalue weighted by Gasteiger charge is 2.44. The van der Waals surface area contributed by atoms with Crippen molar-refractivity contribution in [1.29, 1.82) is 0 Å². The number of carboxylic acids is 1. The van der Waals surface area contributed by atoms with Crippen LogP contribution in [-0.2, 0) is 15.8 Å². The fourth-order valence-corrected chi connectivity index (χ4v) is 4.42. The maximum Gasteiger partial charge on any atom is 0.416 e. The quantitative estimate of drug-likeness (QED) is 0.857. The van der Waals surface area contributed by atoms with Crippen LogP contribution in [0.1, 0.15) is 29.8 Å². The standard InChI is InChI=1S/C18H16F3NO3S/c1-17(8-6-12(7-9-17)16(24)25)22-14(23)10-26-15(22)11-2-4-13(5-3-11)18(19,20)21/h2-8,15H,9-10H2,1H3,(H,24,25). The van der Waals surface area contributed by atoms with E-state index in [2.05, 4.69) is 0 Å². The summed E-state index contributed by atoms with van der Waals surface area (Å²) >= 11 is 1.35. The van der Waals surface area contributed by atoms with Gasteiger partial charge < -0.3 is 10.0 Å². The molecule has 0 bridgehead atoms. The summed E-state index contributed by atoms with van der Waals surface area (Å²) < 4.78 is 38.3. The third-order valence-corrected chi connectivity index (χ3v) is 5.76. The fourth-order valence-electron chi connectivity index (χ4n) is 3.12. The van der Waals surface area contributed by atoms with Crippen LogP contribution in [0.25, 0.3) is 0 Å². The number of amides is 1. The Kier molecular flexibility index (Phi) is 4.64. The van der Waals surface area contributed by atoms with E-state index in [1.54, 1.807) is 17.1 Å². The van der Waals surface area contributed by atoms with Crippen LogP contribution in [0.5, 0.6) is 0 Å². The monoisotopic (exact) mass is 383 g/mol. The highest BCUT2D eigenvalue weighted by atomic mass is 32.2. The molecule has 8 heteroatoms. The molecule has 3 rings (SSSR count). The summed E-state index contributed by atoms with van der Waals surface area (Å²) in [5.41, 5.74) is -0.698. The maximum absolute atomic E-state index is 12.8. The van der Waals surface area contributed by atoms with Gasteiger partial charge in [-0.3, -0.25) is 4.79 Å². The van der Waals surface area contributed by atoms with Crippen molar-refractivity contribution >= 4 is 23.6 Å². The summed E-state index contributed by atoms with van der Waals surface area (Å²) in [7, 11) is 0. The number of alkyl halides is 3. The van der Waals surface area contributed by atoms with E-state index in [4.69, 9.17) is 5.11 Å². The van der Waals surface area contributed by atoms with Gasteiger partial charge in [-0.15, -0.1) is 11.8 Å². The van der Waals surface area contributed by atoms with Crippen molar-refractivity contribution in [2.24, 2.45) is 0 Å². The number of carbonyl (C=O) groups is 2. The lowest BCUT2D eigenvalue weighted by Crippen LogP contribution is -2.47. The molecule has 2 atom stereocenters. The van der Waals surface area contributed by atoms with Gasteiger partial charge in [-0.25, -0.2) is 4.79 Å². The zero-order valence-corrected chi connectivity index (χ0v) is 14.6. The van der Waals surface area contributed by atoms with Crippen molar-refractivity contribution < 1.29 is 27.9 Å². The van der Waals surface area contributed by atoms with Gasteiger partial charge >= 0.3 is 12.1 Å². The first kappa shape index (κ1) is 18.6. The number of rotatable bonds is 3. The van der Waals surface area contributed by atoms with E-state index < -0.39 is 28.6 Å². The zero-order chi connectivity index (χ0) is 19.1. The van der Waals surface area contributed by atoms with Crippen LogP contribution in [0.15, 0.2) is 48.1 Å². The van der Waals surface area contributed by atoms with E-state index in [1.165, 1.54) is 30.0 Å². The summed E-state index contributed by atoms with van der Waals surface area (Å²) in [4.78, 5) is 25.1. The van der Waals surface area contributed by atoms with Gasteiger partial charge in [0, 0.05) is 0 Å². The average molecular weight is 383 g/mol. The van der Waals surface area contributed by atoms with Crippen LogP contribution >= 0.6 is 11.8 Å². The van der Waals surface area contributed by atoms with Gasteiger partial charge in [0.2, 0.25) is 5.91 Å². The molecule has 1 aliphatic heterocycles. The summed E-state index contributed by atoms with van der Waals surface area (Å²) in [6.45, 7) is 1.82. The van der Waals surface area contributed by atoms with Crippen LogP contribution in [0.3, 0.4) is 0 Å². The highest BCUT2D eigenvalue weighted by Crippen LogP contribution is 2.46. The first-order chi connectivity index (χ1) is 12.1. The van der Waals surface area contributed by atoms with Crippen LogP contribution in [0.2, 0.25) is 0 Å². The third kappa shape index (κ3) is 3.38. The molecule has 1 aliphatic carbocycles. The molecule has 2 unspecified atom stereocenters. The molecule has 4 nitrogen and oxygen atoms in total. The fraction of sp³-hybridized carbons (Fsp3) is 0.333. The van der Waals surface area contributed by atoms with Crippen molar-refractivity contribution in [1.82, 2.24) is 4.90 Å². The number of aliphatic carboxylic acids is 1. The SMILES string of the molecule is CC1(N2C(=O)CSC2c2ccc(C(F)(F)F)cc2)C=CC(C(=O)O)=CC1. The van der Waals surface area contributed by atoms with E-state index in [0.717, 1.165) is 12.1 Å². The van der Waals surface area contributed by atoms with Crippen molar-refractivity contribution in [3.05, 3.63) is 59.2 Å². The number of nitrogens with zero attached hydrogens (tertiary/aromatic N) is 1. The maximum atomic E-state index is 12.8. The Hall–Kier alpha value is -2.22. The number of carbonyl (C=O) groups excluding carboxylic acids is 1.